The minimum absolute atomic E-state index is 0.0341. The van der Waals surface area contributed by atoms with Gasteiger partial charge in [-0.2, -0.15) is 0 Å². The molecule has 11 aromatic rings. The Balaban J connectivity index is 1.07. The second kappa shape index (κ2) is 13.6. The number of para-hydroxylation sites is 3. The third-order valence-corrected chi connectivity index (χ3v) is 13.5. The van der Waals surface area contributed by atoms with Crippen LogP contribution in [0.2, 0.25) is 0 Å². The van der Waals surface area contributed by atoms with Gasteiger partial charge >= 0.3 is 0 Å². The van der Waals surface area contributed by atoms with Crippen LogP contribution in [0.3, 0.4) is 0 Å². The van der Waals surface area contributed by atoms with Crippen LogP contribution in [0.15, 0.2) is 221 Å². The molecule has 0 spiro atoms. The highest BCUT2D eigenvalue weighted by Gasteiger charge is 2.46. The van der Waals surface area contributed by atoms with Gasteiger partial charge in [-0.1, -0.05) is 182 Å². The molecule has 1 atom stereocenters. The first-order chi connectivity index (χ1) is 30.8. The molecule has 3 nitrogen and oxygen atoms in total. The zero-order valence-corrected chi connectivity index (χ0v) is 33.8. The molecule has 13 rings (SSSR count). The predicted octanol–water partition coefficient (Wildman–Crippen LogP) is 15.3. The molecular weight excluding hydrogens is 755 g/mol. The van der Waals surface area contributed by atoms with Crippen molar-refractivity contribution in [2.24, 2.45) is 0 Å². The number of anilines is 2. The maximum atomic E-state index is 7.00. The highest BCUT2D eigenvalue weighted by molar-refractivity contribution is 6.17. The summed E-state index contributed by atoms with van der Waals surface area (Å²) in [5.74, 6) is 0.937. The number of hydrogen-bond donors (Lipinski definition) is 0. The molecule has 2 aromatic heterocycles. The molecule has 2 aliphatic rings. The Morgan fingerprint density at radius 1 is 0.452 bits per heavy atom. The lowest BCUT2D eigenvalue weighted by Crippen LogP contribution is -2.34. The smallest absolute Gasteiger partial charge is 0.143 e. The van der Waals surface area contributed by atoms with Gasteiger partial charge in [0, 0.05) is 56.0 Å². The SMILES string of the molecule is C1=CC(N(c2ccc3c(c2)C(c2ccccc2)(c2ccccc2)c2ccccc2-3)c2ccccc2-c2cccc3c2oc2c4ccccc4ccc32)Cc2c1oc1ccccc21. The van der Waals surface area contributed by atoms with Crippen LogP contribution in [0, 0.1) is 0 Å². The summed E-state index contributed by atoms with van der Waals surface area (Å²) in [5, 5.41) is 5.70. The Labute approximate surface area is 359 Å². The summed E-state index contributed by atoms with van der Waals surface area (Å²) in [6, 6.07) is 75.1. The van der Waals surface area contributed by atoms with Gasteiger partial charge in [-0.3, -0.25) is 0 Å². The first-order valence-corrected chi connectivity index (χ1v) is 21.5. The number of furan rings is 2. The summed E-state index contributed by atoms with van der Waals surface area (Å²) >= 11 is 0. The first kappa shape index (κ1) is 34.9. The molecular formula is C59H39NO2. The molecule has 2 aliphatic carbocycles. The molecule has 62 heavy (non-hydrogen) atoms. The van der Waals surface area contributed by atoms with Crippen LogP contribution in [0.1, 0.15) is 33.6 Å². The van der Waals surface area contributed by atoms with Crippen molar-refractivity contribution in [2.75, 3.05) is 4.90 Å². The van der Waals surface area contributed by atoms with Crippen LogP contribution >= 0.6 is 0 Å². The minimum atomic E-state index is -0.533. The number of rotatable bonds is 6. The van der Waals surface area contributed by atoms with Gasteiger partial charge in [0.15, 0.2) is 0 Å². The van der Waals surface area contributed by atoms with Crippen LogP contribution in [0.4, 0.5) is 11.4 Å². The van der Waals surface area contributed by atoms with E-state index in [9.17, 15) is 0 Å². The quantitative estimate of drug-likeness (QED) is 0.168. The molecule has 0 amide bonds. The van der Waals surface area contributed by atoms with Crippen molar-refractivity contribution in [3.63, 3.8) is 0 Å². The van der Waals surface area contributed by atoms with Gasteiger partial charge in [-0.25, -0.2) is 0 Å². The molecule has 9 aromatic carbocycles. The highest BCUT2D eigenvalue weighted by atomic mass is 16.3. The molecule has 3 heteroatoms. The standard InChI is InChI=1S/C59H39NO2/c1-3-17-39(18-4-1)59(40-19-5-2-6-20-40)52-27-12-9-22-44(52)45-34-31-42(37-53(45)59)60(41-32-35-56-51(36-41)47-24-11-14-29-55(47)61-56)54-28-13-10-23-46(54)48-25-15-26-49-50-33-30-38-16-7-8-21-43(38)57(50)62-58(48)49/h1-35,37,41H,36H2. The summed E-state index contributed by atoms with van der Waals surface area (Å²) in [6.45, 7) is 0. The average Bonchev–Trinajstić information content (AvgIpc) is 4.01. The molecule has 0 fully saturated rings. The fraction of sp³-hybridized carbons (Fsp3) is 0.0508. The lowest BCUT2D eigenvalue weighted by molar-refractivity contribution is 0.590. The van der Waals surface area contributed by atoms with Crippen LogP contribution in [0.5, 0.6) is 0 Å². The van der Waals surface area contributed by atoms with Crippen LogP contribution < -0.4 is 4.90 Å². The van der Waals surface area contributed by atoms with Crippen LogP contribution in [-0.4, -0.2) is 6.04 Å². The fourth-order valence-corrected chi connectivity index (χ4v) is 10.9. The zero-order valence-electron chi connectivity index (χ0n) is 33.8. The van der Waals surface area contributed by atoms with E-state index in [2.05, 4.69) is 223 Å². The fourth-order valence-electron chi connectivity index (χ4n) is 10.9. The van der Waals surface area contributed by atoms with Crippen molar-refractivity contribution in [1.82, 2.24) is 0 Å². The second-order valence-electron chi connectivity index (χ2n) is 16.7. The molecule has 0 saturated carbocycles. The van der Waals surface area contributed by atoms with Crippen molar-refractivity contribution in [1.29, 1.82) is 0 Å². The number of benzene rings is 9. The molecule has 1 unspecified atom stereocenters. The van der Waals surface area contributed by atoms with Crippen molar-refractivity contribution in [3.8, 4) is 22.3 Å². The van der Waals surface area contributed by atoms with Crippen LogP contribution in [0.25, 0.3) is 72.0 Å². The van der Waals surface area contributed by atoms with Gasteiger partial charge in [0.1, 0.15) is 22.5 Å². The van der Waals surface area contributed by atoms with Crippen molar-refractivity contribution in [3.05, 3.63) is 246 Å². The van der Waals surface area contributed by atoms with Gasteiger partial charge in [0.2, 0.25) is 0 Å². The molecule has 2 heterocycles. The lowest BCUT2D eigenvalue weighted by atomic mass is 9.67. The summed E-state index contributed by atoms with van der Waals surface area (Å²) in [5.41, 5.74) is 15.4. The molecule has 0 bridgehead atoms. The minimum Gasteiger partial charge on any atom is -0.456 e. The van der Waals surface area contributed by atoms with E-state index in [0.29, 0.717) is 0 Å². The van der Waals surface area contributed by atoms with Crippen LogP contribution in [-0.2, 0) is 11.8 Å². The molecule has 0 N–H and O–H groups in total. The Morgan fingerprint density at radius 3 is 1.94 bits per heavy atom. The maximum Gasteiger partial charge on any atom is 0.143 e. The monoisotopic (exact) mass is 793 g/mol. The maximum absolute atomic E-state index is 7.00. The zero-order chi connectivity index (χ0) is 40.8. The lowest BCUT2D eigenvalue weighted by Gasteiger charge is -2.37. The Kier molecular flexibility index (Phi) is 7.65. The molecule has 0 saturated heterocycles. The van der Waals surface area contributed by atoms with E-state index < -0.39 is 5.41 Å². The Bertz CT molecular complexity index is 3530. The van der Waals surface area contributed by atoms with E-state index in [4.69, 9.17) is 8.83 Å². The first-order valence-electron chi connectivity index (χ1n) is 21.5. The Morgan fingerprint density at radius 2 is 1.10 bits per heavy atom. The van der Waals surface area contributed by atoms with Gasteiger partial charge in [0.05, 0.1) is 11.5 Å². The number of hydrogen-bond acceptors (Lipinski definition) is 3. The normalized spacial score (nSPS) is 14.9. The molecule has 292 valence electrons. The van der Waals surface area contributed by atoms with Crippen molar-refractivity contribution in [2.45, 2.75) is 17.9 Å². The second-order valence-corrected chi connectivity index (χ2v) is 16.7. The van der Waals surface area contributed by atoms with E-state index in [1.807, 2.05) is 0 Å². The summed E-state index contributed by atoms with van der Waals surface area (Å²) < 4.78 is 13.4. The topological polar surface area (TPSA) is 29.5 Å². The number of fused-ring (bicyclic) bond motifs is 11. The average molecular weight is 794 g/mol. The third-order valence-electron chi connectivity index (χ3n) is 13.5. The van der Waals surface area contributed by atoms with E-state index in [1.54, 1.807) is 0 Å². The van der Waals surface area contributed by atoms with E-state index >= 15 is 0 Å². The Hall–Kier alpha value is -7.88. The molecule has 0 aliphatic heterocycles. The van der Waals surface area contributed by atoms with E-state index in [-0.39, 0.29) is 6.04 Å². The van der Waals surface area contributed by atoms with Crippen molar-refractivity contribution < 1.29 is 8.83 Å². The summed E-state index contributed by atoms with van der Waals surface area (Å²) in [7, 11) is 0. The number of nitrogens with zero attached hydrogens (tertiary/aromatic N) is 1. The van der Waals surface area contributed by atoms with Gasteiger partial charge in [-0.05, 0) is 75.2 Å². The third kappa shape index (κ3) is 5.00. The van der Waals surface area contributed by atoms with Crippen molar-refractivity contribution >= 4 is 61.1 Å². The predicted molar refractivity (Wildman–Crippen MR) is 255 cm³/mol. The van der Waals surface area contributed by atoms with Gasteiger partial charge < -0.3 is 13.7 Å². The largest absolute Gasteiger partial charge is 0.456 e. The van der Waals surface area contributed by atoms with Gasteiger partial charge in [-0.15, -0.1) is 0 Å². The van der Waals surface area contributed by atoms with Gasteiger partial charge in [0.25, 0.3) is 0 Å². The summed E-state index contributed by atoms with van der Waals surface area (Å²) in [6.07, 6.45) is 5.29. The molecule has 0 radical (unpaired) electrons. The van der Waals surface area contributed by atoms with E-state index in [0.717, 1.165) is 67.6 Å². The summed E-state index contributed by atoms with van der Waals surface area (Å²) in [4.78, 5) is 2.57. The van der Waals surface area contributed by atoms with E-state index in [1.165, 1.54) is 49.7 Å². The highest BCUT2D eigenvalue weighted by Crippen LogP contribution is 2.57.